The van der Waals surface area contributed by atoms with Gasteiger partial charge in [-0.3, -0.25) is 4.90 Å². The van der Waals surface area contributed by atoms with Gasteiger partial charge < -0.3 is 10.2 Å². The summed E-state index contributed by atoms with van der Waals surface area (Å²) in [6.07, 6.45) is 3.69. The van der Waals surface area contributed by atoms with E-state index in [1.165, 1.54) is 49.4 Å². The predicted octanol–water partition coefficient (Wildman–Crippen LogP) is 0.664. The fourth-order valence-electron chi connectivity index (χ4n) is 3.51. The molecule has 0 aromatic carbocycles. The molecule has 0 amide bonds. The van der Waals surface area contributed by atoms with E-state index in [9.17, 15) is 0 Å². The molecule has 3 aliphatic rings. The van der Waals surface area contributed by atoms with Crippen LogP contribution in [0.5, 0.6) is 0 Å². The Morgan fingerprint density at radius 1 is 1.11 bits per heavy atom. The van der Waals surface area contributed by atoms with Gasteiger partial charge in [0.25, 0.3) is 0 Å². The van der Waals surface area contributed by atoms with Gasteiger partial charge in [-0.25, -0.2) is 4.98 Å². The van der Waals surface area contributed by atoms with Gasteiger partial charge in [-0.05, 0) is 30.9 Å². The lowest BCUT2D eigenvalue weighted by molar-refractivity contribution is 0.147. The molecule has 0 atom stereocenters. The van der Waals surface area contributed by atoms with Gasteiger partial charge in [0.2, 0.25) is 0 Å². The molecule has 4 rings (SSSR count). The van der Waals surface area contributed by atoms with Crippen molar-refractivity contribution in [3.8, 4) is 0 Å². The van der Waals surface area contributed by atoms with Crippen LogP contribution in [0, 0.1) is 0 Å². The normalized spacial score (nSPS) is 24.3. The van der Waals surface area contributed by atoms with Crippen molar-refractivity contribution < 1.29 is 0 Å². The molecule has 0 bridgehead atoms. The van der Waals surface area contributed by atoms with Crippen molar-refractivity contribution in [2.24, 2.45) is 0 Å². The highest BCUT2D eigenvalue weighted by Crippen LogP contribution is 2.27. The molecule has 0 saturated carbocycles. The molecule has 2 fully saturated rings. The largest absolute Gasteiger partial charge is 0.353 e. The number of aryl methyl sites for hydroxylation is 2. The first kappa shape index (κ1) is 11.7. The number of hydrogen-bond donors (Lipinski definition) is 1. The average Bonchev–Trinajstić information content (AvgIpc) is 2.86. The Kier molecular flexibility index (Phi) is 2.93. The summed E-state index contributed by atoms with van der Waals surface area (Å²) in [6.45, 7) is 7.02. The second-order valence-electron chi connectivity index (χ2n) is 5.97. The zero-order valence-electron chi connectivity index (χ0n) is 11.4. The molecule has 0 spiro atoms. The van der Waals surface area contributed by atoms with E-state index in [1.54, 1.807) is 0 Å². The van der Waals surface area contributed by atoms with Crippen molar-refractivity contribution in [2.45, 2.75) is 25.3 Å². The van der Waals surface area contributed by atoms with Gasteiger partial charge in [0.15, 0.2) is 0 Å². The van der Waals surface area contributed by atoms with Crippen molar-refractivity contribution in [2.75, 3.05) is 44.2 Å². The number of anilines is 1. The molecular formula is C15H22N4. The topological polar surface area (TPSA) is 31.4 Å². The van der Waals surface area contributed by atoms with E-state index in [2.05, 4.69) is 27.2 Å². The molecule has 2 aliphatic heterocycles. The number of fused-ring (bicyclic) bond motifs is 1. The molecule has 4 nitrogen and oxygen atoms in total. The highest BCUT2D eigenvalue weighted by molar-refractivity contribution is 5.46. The van der Waals surface area contributed by atoms with Gasteiger partial charge in [0.05, 0.1) is 0 Å². The number of hydrogen-bond acceptors (Lipinski definition) is 4. The molecule has 2 saturated heterocycles. The maximum atomic E-state index is 4.85. The summed E-state index contributed by atoms with van der Waals surface area (Å²) in [5.74, 6) is 1.20. The Hall–Kier alpha value is -1.13. The number of aromatic nitrogens is 1. The zero-order chi connectivity index (χ0) is 12.7. The Bertz CT molecular complexity index is 461. The summed E-state index contributed by atoms with van der Waals surface area (Å²) >= 11 is 0. The van der Waals surface area contributed by atoms with Crippen LogP contribution in [0.3, 0.4) is 0 Å². The number of rotatable bonds is 2. The van der Waals surface area contributed by atoms with E-state index >= 15 is 0 Å². The highest BCUT2D eigenvalue weighted by atomic mass is 15.3. The summed E-state index contributed by atoms with van der Waals surface area (Å²) in [7, 11) is 0. The third-order valence-electron chi connectivity index (χ3n) is 4.77. The van der Waals surface area contributed by atoms with Crippen molar-refractivity contribution in [3.63, 3.8) is 0 Å². The monoisotopic (exact) mass is 258 g/mol. The molecule has 3 heterocycles. The predicted molar refractivity (Wildman–Crippen MR) is 76.7 cm³/mol. The fraction of sp³-hybridized carbons (Fsp3) is 0.667. The lowest BCUT2D eigenvalue weighted by Crippen LogP contribution is -2.63. The Labute approximate surface area is 114 Å². The van der Waals surface area contributed by atoms with Crippen LogP contribution in [0.2, 0.25) is 0 Å². The lowest BCUT2D eigenvalue weighted by Gasteiger charge is -2.47. The molecule has 4 heteroatoms. The highest BCUT2D eigenvalue weighted by Gasteiger charge is 2.33. The minimum Gasteiger partial charge on any atom is -0.353 e. The summed E-state index contributed by atoms with van der Waals surface area (Å²) in [5.41, 5.74) is 2.83. The lowest BCUT2D eigenvalue weighted by atomic mass is 10.1. The number of piperazine rings is 1. The number of pyridine rings is 1. The third kappa shape index (κ3) is 2.13. The Balaban J connectivity index is 1.40. The summed E-state index contributed by atoms with van der Waals surface area (Å²) in [4.78, 5) is 9.91. The SMILES string of the molecule is c1cc2c(nc1N1CC(N3CCNCC3)C1)CCC2. The number of nitrogens with zero attached hydrogens (tertiary/aromatic N) is 3. The fourth-order valence-corrected chi connectivity index (χ4v) is 3.51. The van der Waals surface area contributed by atoms with Gasteiger partial charge >= 0.3 is 0 Å². The molecule has 0 unspecified atom stereocenters. The van der Waals surface area contributed by atoms with Crippen LogP contribution in [-0.2, 0) is 12.8 Å². The van der Waals surface area contributed by atoms with Crippen LogP contribution in [0.4, 0.5) is 5.82 Å². The Morgan fingerprint density at radius 2 is 1.95 bits per heavy atom. The van der Waals surface area contributed by atoms with E-state index in [-0.39, 0.29) is 0 Å². The van der Waals surface area contributed by atoms with Gasteiger partial charge in [-0.1, -0.05) is 6.07 Å². The molecule has 1 N–H and O–H groups in total. The smallest absolute Gasteiger partial charge is 0.128 e. The van der Waals surface area contributed by atoms with Crippen LogP contribution in [0.1, 0.15) is 17.7 Å². The molecule has 1 aliphatic carbocycles. The van der Waals surface area contributed by atoms with Gasteiger partial charge in [0.1, 0.15) is 5.82 Å². The average molecular weight is 258 g/mol. The standard InChI is InChI=1S/C15H22N4/c1-2-12-4-5-15(17-14(12)3-1)19-10-13(11-19)18-8-6-16-7-9-18/h4-5,13,16H,1-3,6-11H2. The molecule has 102 valence electrons. The van der Waals surface area contributed by atoms with E-state index in [1.807, 2.05) is 0 Å². The van der Waals surface area contributed by atoms with Crippen molar-refractivity contribution in [1.82, 2.24) is 15.2 Å². The minimum absolute atomic E-state index is 0.747. The maximum Gasteiger partial charge on any atom is 0.128 e. The van der Waals surface area contributed by atoms with Gasteiger partial charge in [-0.2, -0.15) is 0 Å². The summed E-state index contributed by atoms with van der Waals surface area (Å²) < 4.78 is 0. The van der Waals surface area contributed by atoms with Crippen LogP contribution in [0.25, 0.3) is 0 Å². The van der Waals surface area contributed by atoms with E-state index < -0.39 is 0 Å². The summed E-state index contributed by atoms with van der Waals surface area (Å²) in [6, 6.07) is 5.26. The first-order valence-corrected chi connectivity index (χ1v) is 7.59. The first-order chi connectivity index (χ1) is 9.40. The van der Waals surface area contributed by atoms with Crippen molar-refractivity contribution in [3.05, 3.63) is 23.4 Å². The van der Waals surface area contributed by atoms with Crippen LogP contribution >= 0.6 is 0 Å². The van der Waals surface area contributed by atoms with Gasteiger partial charge in [0, 0.05) is 51.0 Å². The van der Waals surface area contributed by atoms with E-state index in [0.717, 1.165) is 32.2 Å². The Morgan fingerprint density at radius 3 is 2.79 bits per heavy atom. The third-order valence-corrected chi connectivity index (χ3v) is 4.77. The second kappa shape index (κ2) is 4.76. The van der Waals surface area contributed by atoms with Crippen LogP contribution in [-0.4, -0.2) is 55.2 Å². The van der Waals surface area contributed by atoms with Crippen molar-refractivity contribution >= 4 is 5.82 Å². The van der Waals surface area contributed by atoms with Gasteiger partial charge in [-0.15, -0.1) is 0 Å². The zero-order valence-corrected chi connectivity index (χ0v) is 11.4. The molecule has 1 aromatic rings. The second-order valence-corrected chi connectivity index (χ2v) is 5.97. The molecular weight excluding hydrogens is 236 g/mol. The summed E-state index contributed by atoms with van der Waals surface area (Å²) in [5, 5.41) is 3.42. The van der Waals surface area contributed by atoms with Crippen LogP contribution in [0.15, 0.2) is 12.1 Å². The maximum absolute atomic E-state index is 4.85. The minimum atomic E-state index is 0.747. The van der Waals surface area contributed by atoms with E-state index in [0.29, 0.717) is 0 Å². The molecule has 19 heavy (non-hydrogen) atoms. The molecule has 0 radical (unpaired) electrons. The quantitative estimate of drug-likeness (QED) is 0.844. The number of nitrogens with one attached hydrogen (secondary N) is 1. The van der Waals surface area contributed by atoms with Crippen molar-refractivity contribution in [1.29, 1.82) is 0 Å². The first-order valence-electron chi connectivity index (χ1n) is 7.59. The van der Waals surface area contributed by atoms with E-state index in [4.69, 9.17) is 4.98 Å². The van der Waals surface area contributed by atoms with Crippen LogP contribution < -0.4 is 10.2 Å². The molecule has 1 aromatic heterocycles.